The highest BCUT2D eigenvalue weighted by atomic mass is 79.9. The number of rotatable bonds is 7. The molecular formula is C26H23BrN2O4S. The molecule has 34 heavy (non-hydrogen) atoms. The fourth-order valence-corrected chi connectivity index (χ4v) is 5.21. The molecule has 4 rings (SSSR count). The van der Waals surface area contributed by atoms with Crippen molar-refractivity contribution in [2.45, 2.75) is 19.9 Å². The van der Waals surface area contributed by atoms with Gasteiger partial charge in [0.25, 0.3) is 5.56 Å². The standard InChI is InChI=1S/C26H23BrN2O4S/c1-4-13-33-20-12-11-19(27)14-18(20)15-21-24(30)29-23(17-9-7-6-8-10-17)22(25(31)32-5-2)16(3)28-26(29)34-21/h4,6-12,14-15,23H,1,5,13H2,2-3H3/b21-15-/t23-/m0/s1. The van der Waals surface area contributed by atoms with E-state index in [-0.39, 0.29) is 12.2 Å². The lowest BCUT2D eigenvalue weighted by molar-refractivity contribution is -0.139. The Bertz CT molecular complexity index is 1450. The van der Waals surface area contributed by atoms with E-state index in [9.17, 15) is 9.59 Å². The van der Waals surface area contributed by atoms with Gasteiger partial charge in [-0.15, -0.1) is 0 Å². The highest BCUT2D eigenvalue weighted by molar-refractivity contribution is 9.10. The average molecular weight is 539 g/mol. The maximum atomic E-state index is 13.7. The van der Waals surface area contributed by atoms with E-state index in [1.165, 1.54) is 11.3 Å². The van der Waals surface area contributed by atoms with Gasteiger partial charge in [-0.1, -0.05) is 70.3 Å². The third kappa shape index (κ3) is 4.69. The van der Waals surface area contributed by atoms with E-state index in [0.717, 1.165) is 15.6 Å². The van der Waals surface area contributed by atoms with Gasteiger partial charge in [-0.3, -0.25) is 9.36 Å². The number of benzene rings is 2. The first-order valence-electron chi connectivity index (χ1n) is 10.7. The number of thiazole rings is 1. The van der Waals surface area contributed by atoms with E-state index in [4.69, 9.17) is 9.47 Å². The van der Waals surface area contributed by atoms with Crippen molar-refractivity contribution >= 4 is 39.3 Å². The lowest BCUT2D eigenvalue weighted by Gasteiger charge is -2.24. The number of carbonyl (C=O) groups excluding carboxylic acids is 1. The Kier molecular flexibility index (Phi) is 7.29. The van der Waals surface area contributed by atoms with Crippen LogP contribution in [0.25, 0.3) is 6.08 Å². The zero-order valence-corrected chi connectivity index (χ0v) is 21.2. The summed E-state index contributed by atoms with van der Waals surface area (Å²) in [6.07, 6.45) is 3.46. The number of esters is 1. The van der Waals surface area contributed by atoms with Gasteiger partial charge in [-0.2, -0.15) is 0 Å². The Hall–Kier alpha value is -3.23. The molecule has 2 heterocycles. The number of ether oxygens (including phenoxy) is 2. The average Bonchev–Trinajstić information content (AvgIpc) is 3.12. The first-order chi connectivity index (χ1) is 16.4. The summed E-state index contributed by atoms with van der Waals surface area (Å²) in [7, 11) is 0. The number of nitrogens with zero attached hydrogens (tertiary/aromatic N) is 2. The van der Waals surface area contributed by atoms with E-state index >= 15 is 0 Å². The number of hydrogen-bond acceptors (Lipinski definition) is 6. The van der Waals surface area contributed by atoms with Gasteiger partial charge in [0.05, 0.1) is 28.5 Å². The first kappa shape index (κ1) is 23.9. The van der Waals surface area contributed by atoms with Crippen LogP contribution in [0.2, 0.25) is 0 Å². The minimum atomic E-state index is -0.627. The van der Waals surface area contributed by atoms with Crippen LogP contribution < -0.4 is 19.6 Å². The minimum Gasteiger partial charge on any atom is -0.489 e. The molecule has 1 aliphatic rings. The smallest absolute Gasteiger partial charge is 0.338 e. The molecule has 174 valence electrons. The van der Waals surface area contributed by atoms with Gasteiger partial charge in [0.2, 0.25) is 0 Å². The molecule has 0 aliphatic carbocycles. The van der Waals surface area contributed by atoms with Crippen molar-refractivity contribution < 1.29 is 14.3 Å². The molecule has 0 unspecified atom stereocenters. The van der Waals surface area contributed by atoms with Crippen LogP contribution >= 0.6 is 27.3 Å². The summed E-state index contributed by atoms with van der Waals surface area (Å²) in [6.45, 7) is 7.80. The molecule has 0 saturated heterocycles. The molecule has 0 saturated carbocycles. The SMILES string of the molecule is C=CCOc1ccc(Br)cc1/C=c1\sc2n(c1=O)[C@@H](c1ccccc1)C(C(=O)OCC)=C(C)N=2. The summed E-state index contributed by atoms with van der Waals surface area (Å²) in [5.74, 6) is 0.163. The molecule has 0 radical (unpaired) electrons. The first-order valence-corrected chi connectivity index (χ1v) is 12.3. The van der Waals surface area contributed by atoms with Gasteiger partial charge in [0.1, 0.15) is 12.4 Å². The number of allylic oxidation sites excluding steroid dienone is 1. The normalized spacial score (nSPS) is 15.5. The molecule has 1 aliphatic heterocycles. The number of hydrogen-bond donors (Lipinski definition) is 0. The van der Waals surface area contributed by atoms with E-state index < -0.39 is 12.0 Å². The predicted octanol–water partition coefficient (Wildman–Crippen LogP) is 4.13. The molecule has 0 spiro atoms. The maximum absolute atomic E-state index is 13.7. The summed E-state index contributed by atoms with van der Waals surface area (Å²) in [6, 6.07) is 14.4. The van der Waals surface area contributed by atoms with E-state index in [1.807, 2.05) is 48.5 Å². The molecule has 2 aromatic carbocycles. The Balaban J connectivity index is 1.93. The molecule has 8 heteroatoms. The number of fused-ring (bicyclic) bond motifs is 1. The third-order valence-electron chi connectivity index (χ3n) is 5.25. The van der Waals surface area contributed by atoms with Gasteiger partial charge in [0, 0.05) is 10.0 Å². The summed E-state index contributed by atoms with van der Waals surface area (Å²) >= 11 is 4.76. The predicted molar refractivity (Wildman–Crippen MR) is 137 cm³/mol. The van der Waals surface area contributed by atoms with Crippen LogP contribution in [0.1, 0.15) is 31.0 Å². The topological polar surface area (TPSA) is 69.9 Å². The van der Waals surface area contributed by atoms with Crippen LogP contribution in [0.3, 0.4) is 0 Å². The Labute approximate surface area is 209 Å². The van der Waals surface area contributed by atoms with Crippen LogP contribution in [0.5, 0.6) is 5.75 Å². The van der Waals surface area contributed by atoms with Crippen molar-refractivity contribution in [3.05, 3.63) is 108 Å². The molecule has 0 amide bonds. The number of halogens is 1. The lowest BCUT2D eigenvalue weighted by atomic mass is 9.96. The van der Waals surface area contributed by atoms with Gasteiger partial charge >= 0.3 is 5.97 Å². The fourth-order valence-electron chi connectivity index (χ4n) is 3.80. The quantitative estimate of drug-likeness (QED) is 0.335. The van der Waals surface area contributed by atoms with Crippen molar-refractivity contribution in [1.82, 2.24) is 4.57 Å². The highest BCUT2D eigenvalue weighted by Crippen LogP contribution is 2.30. The molecule has 0 bridgehead atoms. The van der Waals surface area contributed by atoms with Gasteiger partial charge in [-0.25, -0.2) is 9.79 Å². The summed E-state index contributed by atoms with van der Waals surface area (Å²) in [5.41, 5.74) is 2.23. The van der Waals surface area contributed by atoms with Crippen molar-refractivity contribution in [2.24, 2.45) is 4.99 Å². The molecule has 0 N–H and O–H groups in total. The van der Waals surface area contributed by atoms with Crippen molar-refractivity contribution in [3.63, 3.8) is 0 Å². The molecule has 0 fully saturated rings. The van der Waals surface area contributed by atoms with E-state index in [1.54, 1.807) is 30.6 Å². The van der Waals surface area contributed by atoms with Crippen LogP contribution in [0, 0.1) is 0 Å². The van der Waals surface area contributed by atoms with Crippen molar-refractivity contribution in [2.75, 3.05) is 13.2 Å². The third-order valence-corrected chi connectivity index (χ3v) is 6.72. The molecule has 3 aromatic rings. The Morgan fingerprint density at radius 3 is 2.74 bits per heavy atom. The highest BCUT2D eigenvalue weighted by Gasteiger charge is 2.33. The van der Waals surface area contributed by atoms with E-state index in [2.05, 4.69) is 27.5 Å². The van der Waals surface area contributed by atoms with E-state index in [0.29, 0.717) is 33.0 Å². The van der Waals surface area contributed by atoms with Crippen LogP contribution in [0.15, 0.2) is 86.7 Å². The zero-order valence-electron chi connectivity index (χ0n) is 18.8. The molecule has 1 atom stereocenters. The van der Waals surface area contributed by atoms with Crippen LogP contribution in [-0.2, 0) is 9.53 Å². The van der Waals surface area contributed by atoms with Gasteiger partial charge in [-0.05, 0) is 43.7 Å². The zero-order chi connectivity index (χ0) is 24.2. The monoisotopic (exact) mass is 538 g/mol. The van der Waals surface area contributed by atoms with Gasteiger partial charge in [0.15, 0.2) is 4.80 Å². The van der Waals surface area contributed by atoms with Crippen LogP contribution in [0.4, 0.5) is 0 Å². The second-order valence-electron chi connectivity index (χ2n) is 7.49. The number of aromatic nitrogens is 1. The van der Waals surface area contributed by atoms with Crippen LogP contribution in [-0.4, -0.2) is 23.8 Å². The summed E-state index contributed by atoms with van der Waals surface area (Å²) in [5, 5.41) is 0. The summed E-state index contributed by atoms with van der Waals surface area (Å²) in [4.78, 5) is 31.7. The summed E-state index contributed by atoms with van der Waals surface area (Å²) < 4.78 is 14.0. The Morgan fingerprint density at radius 1 is 1.26 bits per heavy atom. The minimum absolute atomic E-state index is 0.234. The van der Waals surface area contributed by atoms with Gasteiger partial charge < -0.3 is 9.47 Å². The number of carbonyl (C=O) groups is 1. The molecule has 1 aromatic heterocycles. The maximum Gasteiger partial charge on any atom is 0.338 e. The fraction of sp³-hybridized carbons (Fsp3) is 0.192. The Morgan fingerprint density at radius 2 is 2.03 bits per heavy atom. The second kappa shape index (κ2) is 10.4. The molecular weight excluding hydrogens is 516 g/mol. The largest absolute Gasteiger partial charge is 0.489 e. The second-order valence-corrected chi connectivity index (χ2v) is 9.42. The van der Waals surface area contributed by atoms with Crippen molar-refractivity contribution in [1.29, 1.82) is 0 Å². The lowest BCUT2D eigenvalue weighted by Crippen LogP contribution is -2.39. The molecule has 6 nitrogen and oxygen atoms in total. The van der Waals surface area contributed by atoms with Crippen molar-refractivity contribution in [3.8, 4) is 5.75 Å².